The minimum atomic E-state index is 0.258. The van der Waals surface area contributed by atoms with Crippen LogP contribution < -0.4 is 0 Å². The van der Waals surface area contributed by atoms with Crippen molar-refractivity contribution in [1.82, 2.24) is 15.0 Å². The molecule has 3 aromatic rings. The lowest BCUT2D eigenvalue weighted by Crippen LogP contribution is -2.01. The molecule has 0 spiro atoms. The standard InChI is InChI=1S/C15H15N3O/c1-3-11-8-10(2)9-14(15(11)19)18-16-12-6-4-5-7-13(12)17-18/h4-9,19H,3H2,1-2H3. The van der Waals surface area contributed by atoms with E-state index in [0.717, 1.165) is 28.6 Å². The molecule has 96 valence electrons. The summed E-state index contributed by atoms with van der Waals surface area (Å²) < 4.78 is 0. The summed E-state index contributed by atoms with van der Waals surface area (Å²) in [4.78, 5) is 1.51. The van der Waals surface area contributed by atoms with Crippen molar-refractivity contribution in [2.45, 2.75) is 20.3 Å². The molecule has 0 aliphatic heterocycles. The van der Waals surface area contributed by atoms with Gasteiger partial charge in [0.15, 0.2) is 0 Å². The Morgan fingerprint density at radius 1 is 1.11 bits per heavy atom. The van der Waals surface area contributed by atoms with E-state index in [1.165, 1.54) is 4.80 Å². The van der Waals surface area contributed by atoms with Gasteiger partial charge in [-0.1, -0.05) is 25.1 Å². The van der Waals surface area contributed by atoms with Crippen LogP contribution in [0.3, 0.4) is 0 Å². The normalized spacial score (nSPS) is 11.1. The minimum Gasteiger partial charge on any atom is -0.505 e. The molecule has 1 aromatic heterocycles. The molecule has 0 atom stereocenters. The minimum absolute atomic E-state index is 0.258. The number of hydrogen-bond donors (Lipinski definition) is 1. The maximum absolute atomic E-state index is 10.3. The van der Waals surface area contributed by atoms with Crippen LogP contribution in [0.15, 0.2) is 36.4 Å². The van der Waals surface area contributed by atoms with Gasteiger partial charge < -0.3 is 5.11 Å². The van der Waals surface area contributed by atoms with E-state index in [0.29, 0.717) is 5.69 Å². The highest BCUT2D eigenvalue weighted by Crippen LogP contribution is 2.28. The number of aromatic hydroxyl groups is 1. The Bertz CT molecular complexity index is 713. The predicted molar refractivity (Wildman–Crippen MR) is 74.6 cm³/mol. The lowest BCUT2D eigenvalue weighted by molar-refractivity contribution is 0.461. The van der Waals surface area contributed by atoms with E-state index < -0.39 is 0 Å². The predicted octanol–water partition coefficient (Wildman–Crippen LogP) is 3.00. The second-order valence-corrected chi connectivity index (χ2v) is 4.62. The average Bonchev–Trinajstić information content (AvgIpc) is 2.84. The molecule has 0 saturated heterocycles. The van der Waals surface area contributed by atoms with Gasteiger partial charge in [0.2, 0.25) is 0 Å². The quantitative estimate of drug-likeness (QED) is 0.763. The van der Waals surface area contributed by atoms with Crippen LogP contribution in [-0.2, 0) is 6.42 Å². The number of phenolic OH excluding ortho intramolecular Hbond substituents is 1. The molecule has 4 heteroatoms. The summed E-state index contributed by atoms with van der Waals surface area (Å²) in [6, 6.07) is 11.6. The average molecular weight is 253 g/mol. The molecule has 1 heterocycles. The van der Waals surface area contributed by atoms with Gasteiger partial charge in [-0.05, 0) is 42.7 Å². The molecule has 19 heavy (non-hydrogen) atoms. The smallest absolute Gasteiger partial charge is 0.146 e. The van der Waals surface area contributed by atoms with E-state index in [1.54, 1.807) is 0 Å². The molecule has 4 nitrogen and oxygen atoms in total. The number of aromatic nitrogens is 3. The fourth-order valence-corrected chi connectivity index (χ4v) is 2.22. The lowest BCUT2D eigenvalue weighted by atomic mass is 10.1. The van der Waals surface area contributed by atoms with Crippen molar-refractivity contribution >= 4 is 11.0 Å². The van der Waals surface area contributed by atoms with Crippen LogP contribution in [0.5, 0.6) is 5.75 Å². The van der Waals surface area contributed by atoms with E-state index in [9.17, 15) is 5.11 Å². The first kappa shape index (κ1) is 11.7. The van der Waals surface area contributed by atoms with Crippen LogP contribution in [0.1, 0.15) is 18.1 Å². The summed E-state index contributed by atoms with van der Waals surface area (Å²) in [6.07, 6.45) is 0.779. The molecule has 0 amide bonds. The summed E-state index contributed by atoms with van der Waals surface area (Å²) in [6.45, 7) is 4.02. The fourth-order valence-electron chi connectivity index (χ4n) is 2.22. The van der Waals surface area contributed by atoms with Crippen LogP contribution in [0.4, 0.5) is 0 Å². The SMILES string of the molecule is CCc1cc(C)cc(-n2nc3ccccc3n2)c1O. The van der Waals surface area contributed by atoms with Crippen molar-refractivity contribution in [3.8, 4) is 11.4 Å². The van der Waals surface area contributed by atoms with Crippen LogP contribution >= 0.6 is 0 Å². The molecule has 1 N–H and O–H groups in total. The van der Waals surface area contributed by atoms with Gasteiger partial charge in [-0.3, -0.25) is 0 Å². The maximum atomic E-state index is 10.3. The number of benzene rings is 2. The molecular weight excluding hydrogens is 238 g/mol. The number of nitrogens with zero attached hydrogens (tertiary/aromatic N) is 3. The van der Waals surface area contributed by atoms with Crippen LogP contribution in [0, 0.1) is 6.92 Å². The summed E-state index contributed by atoms with van der Waals surface area (Å²) >= 11 is 0. The van der Waals surface area contributed by atoms with Gasteiger partial charge in [-0.15, -0.1) is 15.0 Å². The number of hydrogen-bond acceptors (Lipinski definition) is 3. The van der Waals surface area contributed by atoms with Crippen LogP contribution in [-0.4, -0.2) is 20.1 Å². The molecule has 0 aliphatic carbocycles. The van der Waals surface area contributed by atoms with Crippen molar-refractivity contribution < 1.29 is 5.11 Å². The molecule has 0 fully saturated rings. The number of rotatable bonds is 2. The fraction of sp³-hybridized carbons (Fsp3) is 0.200. The zero-order valence-electron chi connectivity index (χ0n) is 11.0. The molecule has 0 bridgehead atoms. The lowest BCUT2D eigenvalue weighted by Gasteiger charge is -2.09. The third-order valence-corrected chi connectivity index (χ3v) is 3.20. The summed E-state index contributed by atoms with van der Waals surface area (Å²) in [5, 5.41) is 19.1. The highest BCUT2D eigenvalue weighted by Gasteiger charge is 2.12. The van der Waals surface area contributed by atoms with E-state index in [4.69, 9.17) is 0 Å². The Hall–Kier alpha value is -2.36. The first-order valence-corrected chi connectivity index (χ1v) is 6.34. The topological polar surface area (TPSA) is 50.9 Å². The number of fused-ring (bicyclic) bond motifs is 1. The summed E-state index contributed by atoms with van der Waals surface area (Å²) in [7, 11) is 0. The van der Waals surface area contributed by atoms with E-state index >= 15 is 0 Å². The zero-order valence-corrected chi connectivity index (χ0v) is 11.0. The van der Waals surface area contributed by atoms with Crippen LogP contribution in [0.2, 0.25) is 0 Å². The van der Waals surface area contributed by atoms with Gasteiger partial charge in [0.1, 0.15) is 22.5 Å². The van der Waals surface area contributed by atoms with Crippen molar-refractivity contribution in [2.24, 2.45) is 0 Å². The molecule has 0 aliphatic rings. The maximum Gasteiger partial charge on any atom is 0.146 e. The number of aryl methyl sites for hydroxylation is 2. The van der Waals surface area contributed by atoms with Gasteiger partial charge in [0.05, 0.1) is 0 Å². The van der Waals surface area contributed by atoms with Gasteiger partial charge >= 0.3 is 0 Å². The molecule has 0 saturated carbocycles. The second kappa shape index (κ2) is 4.39. The molecule has 2 aromatic carbocycles. The second-order valence-electron chi connectivity index (χ2n) is 4.62. The molecule has 0 unspecified atom stereocenters. The van der Waals surface area contributed by atoms with E-state index in [-0.39, 0.29) is 5.75 Å². The zero-order chi connectivity index (χ0) is 13.4. The highest BCUT2D eigenvalue weighted by molar-refractivity contribution is 5.73. The molecule has 0 radical (unpaired) electrons. The van der Waals surface area contributed by atoms with Gasteiger partial charge in [0, 0.05) is 0 Å². The number of phenols is 1. The van der Waals surface area contributed by atoms with Crippen LogP contribution in [0.25, 0.3) is 16.7 Å². The van der Waals surface area contributed by atoms with Gasteiger partial charge in [0.25, 0.3) is 0 Å². The van der Waals surface area contributed by atoms with Gasteiger partial charge in [-0.25, -0.2) is 0 Å². The summed E-state index contributed by atoms with van der Waals surface area (Å²) in [5.74, 6) is 0.258. The van der Waals surface area contributed by atoms with Crippen molar-refractivity contribution in [1.29, 1.82) is 0 Å². The van der Waals surface area contributed by atoms with E-state index in [1.807, 2.05) is 50.2 Å². The van der Waals surface area contributed by atoms with Gasteiger partial charge in [-0.2, -0.15) is 0 Å². The third kappa shape index (κ3) is 1.95. The first-order valence-electron chi connectivity index (χ1n) is 6.34. The Kier molecular flexibility index (Phi) is 2.71. The summed E-state index contributed by atoms with van der Waals surface area (Å²) in [5.41, 5.74) is 4.28. The third-order valence-electron chi connectivity index (χ3n) is 3.20. The van der Waals surface area contributed by atoms with Crippen molar-refractivity contribution in [2.75, 3.05) is 0 Å². The highest BCUT2D eigenvalue weighted by atomic mass is 16.3. The Balaban J connectivity index is 2.23. The molecule has 3 rings (SSSR count). The monoisotopic (exact) mass is 253 g/mol. The van der Waals surface area contributed by atoms with Crippen molar-refractivity contribution in [3.05, 3.63) is 47.5 Å². The Morgan fingerprint density at radius 2 is 1.74 bits per heavy atom. The van der Waals surface area contributed by atoms with Crippen molar-refractivity contribution in [3.63, 3.8) is 0 Å². The Labute approximate surface area is 111 Å². The Morgan fingerprint density at radius 3 is 2.32 bits per heavy atom. The largest absolute Gasteiger partial charge is 0.505 e. The van der Waals surface area contributed by atoms with E-state index in [2.05, 4.69) is 10.2 Å². The molecular formula is C15H15N3O. The first-order chi connectivity index (χ1) is 9.19.